The van der Waals surface area contributed by atoms with Crippen LogP contribution in [0.3, 0.4) is 0 Å². The van der Waals surface area contributed by atoms with Gasteiger partial charge in [0.2, 0.25) is 0 Å². The number of aryl methyl sites for hydroxylation is 2. The number of benzene rings is 1. The van der Waals surface area contributed by atoms with E-state index in [0.717, 1.165) is 30.2 Å². The molecule has 0 radical (unpaired) electrons. The van der Waals surface area contributed by atoms with Crippen molar-refractivity contribution in [2.75, 3.05) is 7.05 Å². The van der Waals surface area contributed by atoms with Crippen LogP contribution < -0.4 is 10.6 Å². The van der Waals surface area contributed by atoms with Crippen LogP contribution in [0, 0.1) is 0 Å². The van der Waals surface area contributed by atoms with Gasteiger partial charge in [0.15, 0.2) is 6.10 Å². The molecule has 0 saturated carbocycles. The molecule has 7 nitrogen and oxygen atoms in total. The summed E-state index contributed by atoms with van der Waals surface area (Å²) in [6.07, 6.45) is 3.28. The molecule has 1 aliphatic rings. The van der Waals surface area contributed by atoms with Crippen LogP contribution in [-0.2, 0) is 22.4 Å². The van der Waals surface area contributed by atoms with E-state index in [4.69, 9.17) is 4.74 Å². The smallest absolute Gasteiger partial charge is 0.338 e. The van der Waals surface area contributed by atoms with E-state index >= 15 is 0 Å². The second-order valence-electron chi connectivity index (χ2n) is 6.17. The van der Waals surface area contributed by atoms with Gasteiger partial charge in [-0.15, -0.1) is 0 Å². The number of H-pyrrole nitrogens is 1. The van der Waals surface area contributed by atoms with Crippen LogP contribution in [0.5, 0.6) is 0 Å². The van der Waals surface area contributed by atoms with Crippen molar-refractivity contribution in [2.45, 2.75) is 38.7 Å². The Kier molecular flexibility index (Phi) is 4.74. The maximum absolute atomic E-state index is 12.3. The maximum atomic E-state index is 12.3. The van der Waals surface area contributed by atoms with Gasteiger partial charge < -0.3 is 15.0 Å². The molecule has 1 heterocycles. The zero-order valence-corrected chi connectivity index (χ0v) is 14.3. The van der Waals surface area contributed by atoms with Gasteiger partial charge in [-0.25, -0.2) is 9.59 Å². The maximum Gasteiger partial charge on any atom is 0.338 e. The third-order valence-electron chi connectivity index (χ3n) is 4.45. The van der Waals surface area contributed by atoms with Gasteiger partial charge in [0.1, 0.15) is 0 Å². The molecule has 1 atom stereocenters. The lowest BCUT2D eigenvalue weighted by Crippen LogP contribution is -2.43. The highest BCUT2D eigenvalue weighted by atomic mass is 16.5. The van der Waals surface area contributed by atoms with Gasteiger partial charge in [-0.3, -0.25) is 10.1 Å². The number of esters is 1. The van der Waals surface area contributed by atoms with E-state index in [-0.39, 0.29) is 0 Å². The molecule has 0 saturated heterocycles. The molecule has 25 heavy (non-hydrogen) atoms. The molecule has 0 unspecified atom stereocenters. The Morgan fingerprint density at radius 3 is 2.72 bits per heavy atom. The summed E-state index contributed by atoms with van der Waals surface area (Å²) in [6, 6.07) is 4.70. The molecule has 2 aromatic rings. The number of ether oxygens (including phenoxy) is 1. The first kappa shape index (κ1) is 17.0. The summed E-state index contributed by atoms with van der Waals surface area (Å²) in [5.41, 5.74) is 3.90. The Labute approximate surface area is 145 Å². The van der Waals surface area contributed by atoms with Crippen LogP contribution in [-0.4, -0.2) is 36.0 Å². The topological polar surface area (TPSA) is 100 Å². The Morgan fingerprint density at radius 2 is 1.96 bits per heavy atom. The number of amides is 3. The lowest BCUT2D eigenvalue weighted by Gasteiger charge is -2.13. The number of aromatic nitrogens is 1. The lowest BCUT2D eigenvalue weighted by atomic mass is 9.95. The average molecular weight is 343 g/mol. The number of aromatic amines is 1. The minimum Gasteiger partial charge on any atom is -0.449 e. The van der Waals surface area contributed by atoms with Crippen molar-refractivity contribution in [3.8, 4) is 0 Å². The third kappa shape index (κ3) is 3.50. The monoisotopic (exact) mass is 343 g/mol. The number of rotatable bonds is 3. The van der Waals surface area contributed by atoms with E-state index in [2.05, 4.69) is 15.6 Å². The summed E-state index contributed by atoms with van der Waals surface area (Å²) in [4.78, 5) is 38.7. The molecule has 0 spiro atoms. The van der Waals surface area contributed by atoms with E-state index < -0.39 is 24.0 Å². The lowest BCUT2D eigenvalue weighted by molar-refractivity contribution is -0.127. The first-order valence-corrected chi connectivity index (χ1v) is 8.36. The number of carbonyl (C=O) groups is 3. The standard InChI is InChI=1S/C18H21N3O4/c1-10(16(22)21-18(24)19-2)25-17(23)11-7-8-15-13(9-11)12-5-3-4-6-14(12)20-15/h7-10,20H,3-6H2,1-2H3,(H2,19,21,22,24)/t10-/m0/s1. The van der Waals surface area contributed by atoms with Crippen LogP contribution in [0.1, 0.15) is 41.4 Å². The molecule has 3 amide bonds. The number of nitrogens with one attached hydrogen (secondary N) is 3. The Morgan fingerprint density at radius 1 is 1.20 bits per heavy atom. The normalized spacial score (nSPS) is 14.5. The van der Waals surface area contributed by atoms with E-state index in [0.29, 0.717) is 5.56 Å². The van der Waals surface area contributed by atoms with Crippen LogP contribution >= 0.6 is 0 Å². The predicted octanol–water partition coefficient (Wildman–Crippen LogP) is 2.05. The van der Waals surface area contributed by atoms with Gasteiger partial charge in [0.05, 0.1) is 5.56 Å². The van der Waals surface area contributed by atoms with E-state index in [1.165, 1.54) is 31.6 Å². The first-order chi connectivity index (χ1) is 12.0. The second-order valence-corrected chi connectivity index (χ2v) is 6.17. The largest absolute Gasteiger partial charge is 0.449 e. The van der Waals surface area contributed by atoms with Gasteiger partial charge >= 0.3 is 12.0 Å². The van der Waals surface area contributed by atoms with E-state index in [9.17, 15) is 14.4 Å². The van der Waals surface area contributed by atoms with Crippen LogP contribution in [0.2, 0.25) is 0 Å². The van der Waals surface area contributed by atoms with Crippen LogP contribution in [0.4, 0.5) is 4.79 Å². The van der Waals surface area contributed by atoms with Gasteiger partial charge in [-0.1, -0.05) is 0 Å². The van der Waals surface area contributed by atoms with E-state index in [1.54, 1.807) is 6.07 Å². The fourth-order valence-electron chi connectivity index (χ4n) is 3.09. The molecule has 1 aliphatic carbocycles. The van der Waals surface area contributed by atoms with Crippen molar-refractivity contribution < 1.29 is 19.1 Å². The summed E-state index contributed by atoms with van der Waals surface area (Å²) in [6.45, 7) is 1.42. The summed E-state index contributed by atoms with van der Waals surface area (Å²) in [7, 11) is 1.39. The number of carbonyl (C=O) groups excluding carboxylic acids is 3. The van der Waals surface area contributed by atoms with Gasteiger partial charge in [0.25, 0.3) is 5.91 Å². The summed E-state index contributed by atoms with van der Waals surface area (Å²) < 4.78 is 5.17. The van der Waals surface area contributed by atoms with Gasteiger partial charge in [-0.2, -0.15) is 0 Å². The van der Waals surface area contributed by atoms with E-state index in [1.807, 2.05) is 12.1 Å². The van der Waals surface area contributed by atoms with Crippen molar-refractivity contribution in [3.63, 3.8) is 0 Å². The molecule has 0 fully saturated rings. The van der Waals surface area contributed by atoms with Crippen molar-refractivity contribution in [1.82, 2.24) is 15.6 Å². The SMILES string of the molecule is CNC(=O)NC(=O)[C@H](C)OC(=O)c1ccc2[nH]c3c(c2c1)CCCC3. The minimum absolute atomic E-state index is 0.388. The first-order valence-electron chi connectivity index (χ1n) is 8.36. The number of urea groups is 1. The molecule has 7 heteroatoms. The fraction of sp³-hybridized carbons (Fsp3) is 0.389. The second kappa shape index (κ2) is 6.96. The number of fused-ring (bicyclic) bond motifs is 3. The fourth-order valence-corrected chi connectivity index (χ4v) is 3.09. The quantitative estimate of drug-likeness (QED) is 0.743. The van der Waals surface area contributed by atoms with Crippen molar-refractivity contribution in [1.29, 1.82) is 0 Å². The highest BCUT2D eigenvalue weighted by molar-refractivity contribution is 6.00. The number of imide groups is 1. The Bertz CT molecular complexity index is 840. The highest BCUT2D eigenvalue weighted by Gasteiger charge is 2.22. The zero-order chi connectivity index (χ0) is 18.0. The van der Waals surface area contributed by atoms with Crippen molar-refractivity contribution >= 4 is 28.8 Å². The Balaban J connectivity index is 1.76. The summed E-state index contributed by atoms with van der Waals surface area (Å²) in [5.74, 6) is -1.26. The highest BCUT2D eigenvalue weighted by Crippen LogP contribution is 2.29. The Hall–Kier alpha value is -2.83. The molecule has 1 aromatic carbocycles. The molecule has 132 valence electrons. The molecule has 3 N–H and O–H groups in total. The van der Waals surface area contributed by atoms with Crippen LogP contribution in [0.25, 0.3) is 10.9 Å². The van der Waals surface area contributed by atoms with Crippen molar-refractivity contribution in [2.24, 2.45) is 0 Å². The van der Waals surface area contributed by atoms with Gasteiger partial charge in [0, 0.05) is 23.6 Å². The predicted molar refractivity (Wildman–Crippen MR) is 92.4 cm³/mol. The summed E-state index contributed by atoms with van der Waals surface area (Å²) >= 11 is 0. The van der Waals surface area contributed by atoms with Crippen molar-refractivity contribution in [3.05, 3.63) is 35.0 Å². The molecule has 0 aliphatic heterocycles. The van der Waals surface area contributed by atoms with Crippen LogP contribution in [0.15, 0.2) is 18.2 Å². The molecular weight excluding hydrogens is 322 g/mol. The number of hydrogen-bond acceptors (Lipinski definition) is 4. The average Bonchev–Trinajstić information content (AvgIpc) is 2.99. The zero-order valence-electron chi connectivity index (χ0n) is 14.3. The molecule has 3 rings (SSSR count). The number of hydrogen-bond donors (Lipinski definition) is 3. The summed E-state index contributed by atoms with van der Waals surface area (Å²) in [5, 5.41) is 5.38. The van der Waals surface area contributed by atoms with Gasteiger partial charge in [-0.05, 0) is 56.4 Å². The third-order valence-corrected chi connectivity index (χ3v) is 4.45. The minimum atomic E-state index is -1.07. The molecule has 1 aromatic heterocycles. The molecular formula is C18H21N3O4. The molecule has 0 bridgehead atoms.